The lowest BCUT2D eigenvalue weighted by molar-refractivity contribution is -0.0342. The molecule has 1 fully saturated rings. The average molecular weight is 171 g/mol. The van der Waals surface area contributed by atoms with Gasteiger partial charge in [0.25, 0.3) is 0 Å². The van der Waals surface area contributed by atoms with Crippen molar-refractivity contribution in [2.75, 3.05) is 13.1 Å². The summed E-state index contributed by atoms with van der Waals surface area (Å²) in [7, 11) is 0. The van der Waals surface area contributed by atoms with E-state index in [-0.39, 0.29) is 0 Å². The third-order valence-electron chi connectivity index (χ3n) is 3.03. The number of hydrogen-bond acceptors (Lipinski definition) is 2. The van der Waals surface area contributed by atoms with Crippen LogP contribution in [0.5, 0.6) is 0 Å². The first-order chi connectivity index (χ1) is 5.69. The third kappa shape index (κ3) is 2.20. The van der Waals surface area contributed by atoms with Crippen LogP contribution in [0, 0.1) is 5.92 Å². The Morgan fingerprint density at radius 1 is 1.58 bits per heavy atom. The maximum Gasteiger partial charge on any atom is 0.0797 e. The molecule has 1 rings (SSSR count). The van der Waals surface area contributed by atoms with E-state index in [1.165, 1.54) is 6.42 Å². The van der Waals surface area contributed by atoms with Gasteiger partial charge in [0.1, 0.15) is 0 Å². The van der Waals surface area contributed by atoms with Crippen molar-refractivity contribution >= 4 is 0 Å². The van der Waals surface area contributed by atoms with Crippen LogP contribution in [-0.4, -0.2) is 23.8 Å². The van der Waals surface area contributed by atoms with Gasteiger partial charge in [0.2, 0.25) is 0 Å². The van der Waals surface area contributed by atoms with E-state index in [2.05, 4.69) is 19.2 Å². The SMILES string of the molecule is CCCC(C)C1(O)CCCNC1. The molecule has 0 spiro atoms. The van der Waals surface area contributed by atoms with Crippen LogP contribution in [0.25, 0.3) is 0 Å². The minimum absolute atomic E-state index is 0.422. The molecule has 2 atom stereocenters. The normalized spacial score (nSPS) is 33.2. The number of rotatable bonds is 3. The molecule has 1 aliphatic heterocycles. The molecule has 2 N–H and O–H groups in total. The first kappa shape index (κ1) is 10.0. The van der Waals surface area contributed by atoms with Gasteiger partial charge in [-0.05, 0) is 31.7 Å². The molecule has 0 radical (unpaired) electrons. The summed E-state index contributed by atoms with van der Waals surface area (Å²) in [6, 6.07) is 0. The van der Waals surface area contributed by atoms with Gasteiger partial charge in [-0.25, -0.2) is 0 Å². The molecule has 2 unspecified atom stereocenters. The van der Waals surface area contributed by atoms with Gasteiger partial charge in [-0.3, -0.25) is 0 Å². The van der Waals surface area contributed by atoms with Crippen molar-refractivity contribution in [1.82, 2.24) is 5.32 Å². The van der Waals surface area contributed by atoms with Gasteiger partial charge in [0.15, 0.2) is 0 Å². The van der Waals surface area contributed by atoms with Crippen molar-refractivity contribution in [3.8, 4) is 0 Å². The highest BCUT2D eigenvalue weighted by molar-refractivity contribution is 4.89. The molecule has 0 aliphatic carbocycles. The van der Waals surface area contributed by atoms with Crippen LogP contribution in [0.3, 0.4) is 0 Å². The number of piperidine rings is 1. The Morgan fingerprint density at radius 2 is 2.33 bits per heavy atom. The summed E-state index contributed by atoms with van der Waals surface area (Å²) < 4.78 is 0. The van der Waals surface area contributed by atoms with E-state index in [4.69, 9.17) is 0 Å². The first-order valence-electron chi connectivity index (χ1n) is 5.12. The fraction of sp³-hybridized carbons (Fsp3) is 1.00. The quantitative estimate of drug-likeness (QED) is 0.675. The summed E-state index contributed by atoms with van der Waals surface area (Å²) in [5, 5.41) is 13.5. The van der Waals surface area contributed by atoms with Crippen LogP contribution in [0.1, 0.15) is 39.5 Å². The van der Waals surface area contributed by atoms with E-state index in [1.807, 2.05) is 0 Å². The minimum atomic E-state index is -0.422. The molecule has 0 bridgehead atoms. The summed E-state index contributed by atoms with van der Waals surface area (Å²) in [4.78, 5) is 0. The molecule has 0 saturated carbocycles. The van der Waals surface area contributed by atoms with Gasteiger partial charge in [-0.2, -0.15) is 0 Å². The monoisotopic (exact) mass is 171 g/mol. The molecule has 0 amide bonds. The lowest BCUT2D eigenvalue weighted by Crippen LogP contribution is -2.49. The molecule has 0 aromatic rings. The standard InChI is InChI=1S/C10H21NO/c1-3-5-9(2)10(12)6-4-7-11-8-10/h9,11-12H,3-8H2,1-2H3. The van der Waals surface area contributed by atoms with Crippen molar-refractivity contribution in [3.05, 3.63) is 0 Å². The average Bonchev–Trinajstić information content (AvgIpc) is 2.06. The number of nitrogens with one attached hydrogen (secondary N) is 1. The lowest BCUT2D eigenvalue weighted by Gasteiger charge is -2.37. The van der Waals surface area contributed by atoms with Gasteiger partial charge in [0, 0.05) is 6.54 Å². The maximum absolute atomic E-state index is 10.2. The van der Waals surface area contributed by atoms with E-state index in [9.17, 15) is 5.11 Å². The van der Waals surface area contributed by atoms with Crippen molar-refractivity contribution in [3.63, 3.8) is 0 Å². The molecular weight excluding hydrogens is 150 g/mol. The van der Waals surface area contributed by atoms with Crippen LogP contribution in [0.4, 0.5) is 0 Å². The lowest BCUT2D eigenvalue weighted by atomic mass is 9.80. The van der Waals surface area contributed by atoms with Gasteiger partial charge in [-0.15, -0.1) is 0 Å². The Hall–Kier alpha value is -0.0800. The largest absolute Gasteiger partial charge is 0.388 e. The van der Waals surface area contributed by atoms with Gasteiger partial charge in [-0.1, -0.05) is 20.3 Å². The van der Waals surface area contributed by atoms with E-state index >= 15 is 0 Å². The smallest absolute Gasteiger partial charge is 0.0797 e. The molecule has 0 aromatic carbocycles. The van der Waals surface area contributed by atoms with Crippen LogP contribution >= 0.6 is 0 Å². The zero-order chi connectivity index (χ0) is 9.03. The Balaban J connectivity index is 2.44. The summed E-state index contributed by atoms with van der Waals surface area (Å²) in [5.41, 5.74) is -0.422. The summed E-state index contributed by atoms with van der Waals surface area (Å²) in [6.07, 6.45) is 4.40. The van der Waals surface area contributed by atoms with E-state index < -0.39 is 5.60 Å². The topological polar surface area (TPSA) is 32.3 Å². The highest BCUT2D eigenvalue weighted by atomic mass is 16.3. The number of hydrogen-bond donors (Lipinski definition) is 2. The molecule has 1 saturated heterocycles. The zero-order valence-electron chi connectivity index (χ0n) is 8.27. The van der Waals surface area contributed by atoms with Gasteiger partial charge >= 0.3 is 0 Å². The highest BCUT2D eigenvalue weighted by Gasteiger charge is 2.34. The van der Waals surface area contributed by atoms with Crippen molar-refractivity contribution < 1.29 is 5.11 Å². The minimum Gasteiger partial charge on any atom is -0.388 e. The third-order valence-corrected chi connectivity index (χ3v) is 3.03. The van der Waals surface area contributed by atoms with Crippen LogP contribution in [0.2, 0.25) is 0 Å². The molecule has 1 heterocycles. The summed E-state index contributed by atoms with van der Waals surface area (Å²) >= 11 is 0. The molecule has 2 heteroatoms. The molecule has 12 heavy (non-hydrogen) atoms. The van der Waals surface area contributed by atoms with E-state index in [0.717, 1.165) is 32.4 Å². The van der Waals surface area contributed by atoms with Crippen molar-refractivity contribution in [2.24, 2.45) is 5.92 Å². The Morgan fingerprint density at radius 3 is 2.83 bits per heavy atom. The predicted molar refractivity (Wildman–Crippen MR) is 51.1 cm³/mol. The second-order valence-electron chi connectivity index (χ2n) is 4.07. The molecule has 72 valence electrons. The zero-order valence-corrected chi connectivity index (χ0v) is 8.27. The Bertz CT molecular complexity index is 130. The van der Waals surface area contributed by atoms with Crippen LogP contribution in [-0.2, 0) is 0 Å². The van der Waals surface area contributed by atoms with Gasteiger partial charge in [0.05, 0.1) is 5.60 Å². The summed E-state index contributed by atoms with van der Waals surface area (Å²) in [6.45, 7) is 6.20. The van der Waals surface area contributed by atoms with Gasteiger partial charge < -0.3 is 10.4 Å². The summed E-state index contributed by atoms with van der Waals surface area (Å²) in [5.74, 6) is 0.440. The molecule has 1 aliphatic rings. The maximum atomic E-state index is 10.2. The van der Waals surface area contributed by atoms with E-state index in [1.54, 1.807) is 0 Å². The molecule has 0 aromatic heterocycles. The first-order valence-corrected chi connectivity index (χ1v) is 5.12. The number of aliphatic hydroxyl groups is 1. The second kappa shape index (κ2) is 4.24. The van der Waals surface area contributed by atoms with Crippen molar-refractivity contribution in [2.45, 2.75) is 45.1 Å². The Labute approximate surface area is 75.4 Å². The van der Waals surface area contributed by atoms with E-state index in [0.29, 0.717) is 5.92 Å². The molecule has 2 nitrogen and oxygen atoms in total. The Kier molecular flexibility index (Phi) is 3.53. The second-order valence-corrected chi connectivity index (χ2v) is 4.07. The predicted octanol–water partition coefficient (Wildman–Crippen LogP) is 1.54. The fourth-order valence-electron chi connectivity index (χ4n) is 2.04. The molecular formula is C10H21NO. The fourth-order valence-corrected chi connectivity index (χ4v) is 2.04. The number of β-amino-alcohol motifs (C(OH)–C–C–N with tert-alkyl or cyclic N) is 1. The van der Waals surface area contributed by atoms with Crippen LogP contribution in [0.15, 0.2) is 0 Å². The highest BCUT2D eigenvalue weighted by Crippen LogP contribution is 2.27. The van der Waals surface area contributed by atoms with Crippen LogP contribution < -0.4 is 5.32 Å². The van der Waals surface area contributed by atoms with Crippen molar-refractivity contribution in [1.29, 1.82) is 0 Å².